The molecule has 0 saturated carbocycles. The molecule has 11 heteroatoms. The molecule has 0 atom stereocenters. The van der Waals surface area contributed by atoms with E-state index in [1.54, 1.807) is 0 Å². The summed E-state index contributed by atoms with van der Waals surface area (Å²) in [5.41, 5.74) is 8.54. The van der Waals surface area contributed by atoms with Crippen LogP contribution in [0.5, 0.6) is 0 Å². The van der Waals surface area contributed by atoms with Crippen molar-refractivity contribution in [2.24, 2.45) is 11.5 Å². The van der Waals surface area contributed by atoms with Crippen molar-refractivity contribution < 1.29 is 42.6 Å². The Kier molecular flexibility index (Phi) is 5.82. The third-order valence-corrected chi connectivity index (χ3v) is 5.01. The molecule has 0 fully saturated rings. The Morgan fingerprint density at radius 2 is 1.27 bits per heavy atom. The highest BCUT2D eigenvalue weighted by Gasteiger charge is 2.30. The molecule has 33 heavy (non-hydrogen) atoms. The molecule has 0 heterocycles. The first-order valence-corrected chi connectivity index (χ1v) is 9.17. The van der Waals surface area contributed by atoms with Crippen LogP contribution in [-0.4, -0.2) is 34.0 Å². The summed E-state index contributed by atoms with van der Waals surface area (Å²) in [6.45, 7) is 0. The van der Waals surface area contributed by atoms with Gasteiger partial charge < -0.3 is 21.7 Å². The predicted molar refractivity (Wildman–Crippen MR) is 109 cm³/mol. The van der Waals surface area contributed by atoms with Crippen molar-refractivity contribution >= 4 is 34.5 Å². The molecule has 0 aromatic heterocycles. The zero-order valence-electron chi connectivity index (χ0n) is 16.6. The van der Waals surface area contributed by atoms with Gasteiger partial charge in [0.1, 0.15) is 0 Å². The number of carbonyl (C=O) groups is 4. The molecule has 0 bridgehead atoms. The average Bonchev–Trinajstić information content (AvgIpc) is 2.71. The lowest BCUT2D eigenvalue weighted by molar-refractivity contribution is -0.137. The Balaban J connectivity index is 2.39. The van der Waals surface area contributed by atoms with Gasteiger partial charge >= 0.3 is 18.1 Å². The summed E-state index contributed by atoms with van der Waals surface area (Å²) in [7, 11) is 0. The van der Waals surface area contributed by atoms with Crippen molar-refractivity contribution in [2.75, 3.05) is 0 Å². The quantitative estimate of drug-likeness (QED) is 0.442. The van der Waals surface area contributed by atoms with Crippen molar-refractivity contribution in [3.05, 3.63) is 81.4 Å². The highest BCUT2D eigenvalue weighted by molar-refractivity contribution is 6.23. The second-order valence-electron chi connectivity index (χ2n) is 7.08. The highest BCUT2D eigenvalue weighted by Crippen LogP contribution is 2.34. The number of carboxylic acid groups (broad SMARTS) is 2. The van der Waals surface area contributed by atoms with Gasteiger partial charge in [-0.1, -0.05) is 12.1 Å². The van der Waals surface area contributed by atoms with Gasteiger partial charge in [0.05, 0.1) is 22.3 Å². The number of nitrogens with two attached hydrogens (primary N) is 2. The van der Waals surface area contributed by atoms with E-state index in [9.17, 15) is 42.6 Å². The van der Waals surface area contributed by atoms with Gasteiger partial charge in [0.15, 0.2) is 0 Å². The third kappa shape index (κ3) is 4.33. The molecule has 0 spiro atoms. The molecular formula is C22H15F3N2O6. The van der Waals surface area contributed by atoms with Crippen LogP contribution >= 0.6 is 0 Å². The average molecular weight is 460 g/mol. The van der Waals surface area contributed by atoms with Crippen LogP contribution in [-0.2, 0) is 12.6 Å². The van der Waals surface area contributed by atoms with E-state index in [2.05, 4.69) is 0 Å². The number of carboxylic acids is 2. The molecule has 3 rings (SSSR count). The number of hydrogen-bond acceptors (Lipinski definition) is 4. The van der Waals surface area contributed by atoms with Gasteiger partial charge in [0.25, 0.3) is 0 Å². The maximum absolute atomic E-state index is 12.8. The van der Waals surface area contributed by atoms with Crippen LogP contribution in [0.1, 0.15) is 58.1 Å². The second-order valence-corrected chi connectivity index (χ2v) is 7.08. The van der Waals surface area contributed by atoms with Crippen LogP contribution in [0.15, 0.2) is 42.5 Å². The minimum Gasteiger partial charge on any atom is -0.478 e. The first-order valence-electron chi connectivity index (χ1n) is 9.17. The first kappa shape index (κ1) is 23.3. The van der Waals surface area contributed by atoms with E-state index in [1.165, 1.54) is 0 Å². The Hall–Kier alpha value is -4.41. The first-order chi connectivity index (χ1) is 15.3. The van der Waals surface area contributed by atoms with Gasteiger partial charge in [-0.2, -0.15) is 13.2 Å². The Labute approximate surface area is 183 Å². The molecule has 3 aromatic carbocycles. The summed E-state index contributed by atoms with van der Waals surface area (Å²) in [6, 6.07) is 6.94. The Morgan fingerprint density at radius 3 is 1.70 bits per heavy atom. The number of alkyl halides is 3. The molecule has 0 aliphatic heterocycles. The van der Waals surface area contributed by atoms with Crippen molar-refractivity contribution in [3.8, 4) is 0 Å². The molecular weight excluding hydrogens is 445 g/mol. The monoisotopic (exact) mass is 460 g/mol. The van der Waals surface area contributed by atoms with E-state index < -0.39 is 52.0 Å². The van der Waals surface area contributed by atoms with Crippen LogP contribution in [0.25, 0.3) is 10.8 Å². The van der Waals surface area contributed by atoms with Gasteiger partial charge in [-0.05, 0) is 47.9 Å². The zero-order valence-corrected chi connectivity index (χ0v) is 16.6. The topological polar surface area (TPSA) is 161 Å². The van der Waals surface area contributed by atoms with E-state index in [1.807, 2.05) is 0 Å². The lowest BCUT2D eigenvalue weighted by atomic mass is 9.86. The molecule has 170 valence electrons. The molecule has 6 N–H and O–H groups in total. The normalized spacial score (nSPS) is 11.4. The number of hydrogen-bond donors (Lipinski definition) is 4. The van der Waals surface area contributed by atoms with Gasteiger partial charge in [-0.3, -0.25) is 9.59 Å². The summed E-state index contributed by atoms with van der Waals surface area (Å²) in [5, 5.41) is 18.4. The van der Waals surface area contributed by atoms with Crippen LogP contribution in [0.4, 0.5) is 13.2 Å². The number of aromatic carboxylic acids is 2. The number of halogens is 3. The fourth-order valence-corrected chi connectivity index (χ4v) is 3.62. The fourth-order valence-electron chi connectivity index (χ4n) is 3.62. The lowest BCUT2D eigenvalue weighted by Crippen LogP contribution is -2.21. The van der Waals surface area contributed by atoms with Gasteiger partial charge in [-0.25, -0.2) is 9.59 Å². The van der Waals surface area contributed by atoms with Crippen LogP contribution in [0.3, 0.4) is 0 Å². The minimum absolute atomic E-state index is 0.00593. The van der Waals surface area contributed by atoms with Gasteiger partial charge in [0, 0.05) is 16.3 Å². The largest absolute Gasteiger partial charge is 0.478 e. The maximum atomic E-state index is 12.8. The smallest absolute Gasteiger partial charge is 0.416 e. The van der Waals surface area contributed by atoms with Crippen molar-refractivity contribution in [2.45, 2.75) is 12.6 Å². The molecule has 0 aliphatic carbocycles. The SMILES string of the molecule is NC(=O)c1cc(Cc2ccc(C(F)(F)F)cc2)c(C(N)=O)c2c(C(=O)O)ccc(C(=O)O)c12. The molecule has 0 aliphatic rings. The van der Waals surface area contributed by atoms with Crippen molar-refractivity contribution in [3.63, 3.8) is 0 Å². The maximum Gasteiger partial charge on any atom is 0.416 e. The van der Waals surface area contributed by atoms with E-state index in [-0.39, 0.29) is 34.1 Å². The standard InChI is InChI=1S/C22H15F3N2O6/c23-22(24,25)11-3-1-9(2-4-11)7-10-8-14(18(26)28)16-12(20(30)31)5-6-13(21(32)33)17(16)15(10)19(27)29/h1-6,8H,7H2,(H2,26,28)(H2,27,29)(H,30,31)(H,32,33). The molecule has 3 aromatic rings. The molecule has 2 amide bonds. The van der Waals surface area contributed by atoms with Gasteiger partial charge in [0.2, 0.25) is 11.8 Å². The fraction of sp³-hybridized carbons (Fsp3) is 0.0909. The van der Waals surface area contributed by atoms with Crippen molar-refractivity contribution in [1.29, 1.82) is 0 Å². The van der Waals surface area contributed by atoms with E-state index in [4.69, 9.17) is 11.5 Å². The second kappa shape index (κ2) is 8.26. The number of carbonyl (C=O) groups excluding carboxylic acids is 2. The minimum atomic E-state index is -4.57. The molecule has 0 saturated heterocycles. The van der Waals surface area contributed by atoms with Crippen LogP contribution < -0.4 is 11.5 Å². The van der Waals surface area contributed by atoms with E-state index >= 15 is 0 Å². The van der Waals surface area contributed by atoms with Crippen LogP contribution in [0, 0.1) is 0 Å². The summed E-state index contributed by atoms with van der Waals surface area (Å²) in [5.74, 6) is -5.26. The number of rotatable bonds is 6. The zero-order chi connectivity index (χ0) is 24.7. The summed E-state index contributed by atoms with van der Waals surface area (Å²) in [4.78, 5) is 48.1. The number of amides is 2. The number of primary amides is 2. The summed E-state index contributed by atoms with van der Waals surface area (Å²) in [6.07, 6.45) is -4.79. The number of benzene rings is 3. The Morgan fingerprint density at radius 1 is 0.758 bits per heavy atom. The molecule has 8 nitrogen and oxygen atoms in total. The van der Waals surface area contributed by atoms with Gasteiger partial charge in [-0.15, -0.1) is 0 Å². The summed E-state index contributed by atoms with van der Waals surface area (Å²) >= 11 is 0. The number of fused-ring (bicyclic) bond motifs is 1. The highest BCUT2D eigenvalue weighted by atomic mass is 19.4. The predicted octanol–water partition coefficient (Wildman–Crippen LogP) is 3.04. The third-order valence-electron chi connectivity index (χ3n) is 5.01. The molecule has 0 unspecified atom stereocenters. The molecule has 0 radical (unpaired) electrons. The lowest BCUT2D eigenvalue weighted by Gasteiger charge is -2.17. The Bertz CT molecular complexity index is 1330. The van der Waals surface area contributed by atoms with Crippen molar-refractivity contribution in [1.82, 2.24) is 0 Å². The van der Waals surface area contributed by atoms with Crippen LogP contribution in [0.2, 0.25) is 0 Å². The summed E-state index contributed by atoms with van der Waals surface area (Å²) < 4.78 is 38.5. The van der Waals surface area contributed by atoms with E-state index in [0.717, 1.165) is 42.5 Å². The van der Waals surface area contributed by atoms with E-state index in [0.29, 0.717) is 0 Å².